The van der Waals surface area contributed by atoms with Crippen molar-refractivity contribution in [2.45, 2.75) is 6.10 Å². The highest BCUT2D eigenvalue weighted by Crippen LogP contribution is 2.32. The van der Waals surface area contributed by atoms with E-state index in [2.05, 4.69) is 5.32 Å². The number of nitrogens with one attached hydrogen (secondary N) is 1. The summed E-state index contributed by atoms with van der Waals surface area (Å²) in [6.07, 6.45) is -0.821. The lowest BCUT2D eigenvalue weighted by Gasteiger charge is -2.20. The predicted octanol–water partition coefficient (Wildman–Crippen LogP) is 0.270. The van der Waals surface area contributed by atoms with Crippen molar-refractivity contribution < 1.29 is 28.8 Å². The van der Waals surface area contributed by atoms with Gasteiger partial charge in [-0.15, -0.1) is 0 Å². The Bertz CT molecular complexity index is 493. The van der Waals surface area contributed by atoms with Crippen LogP contribution in [0.15, 0.2) is 18.2 Å². The molecule has 0 aliphatic carbocycles. The molecule has 1 amide bonds. The molecule has 1 aliphatic heterocycles. The Morgan fingerprint density at radius 2 is 2.09 bits per heavy atom. The zero-order valence-electron chi connectivity index (χ0n) is 12.5. The number of hydrogen-bond donors (Lipinski definition) is 2. The molecule has 7 heteroatoms. The topological polar surface area (TPSA) is 86.3 Å². The van der Waals surface area contributed by atoms with Gasteiger partial charge < -0.3 is 29.4 Å². The van der Waals surface area contributed by atoms with Crippen molar-refractivity contribution in [3.8, 4) is 11.5 Å². The summed E-state index contributed by atoms with van der Waals surface area (Å²) in [7, 11) is 1.56. The standard InChI is InChI=1S/C15H21NO6/c1-19-4-5-20-10-15(18)16-9-12(17)11-2-3-13-14(8-11)22-7-6-21-13/h2-3,8,12,17H,4-7,9-10H2,1H3,(H,16,18). The van der Waals surface area contributed by atoms with Gasteiger partial charge in [-0.1, -0.05) is 6.07 Å². The van der Waals surface area contributed by atoms with E-state index in [1.165, 1.54) is 0 Å². The van der Waals surface area contributed by atoms with Crippen molar-refractivity contribution >= 4 is 5.91 Å². The van der Waals surface area contributed by atoms with E-state index in [4.69, 9.17) is 18.9 Å². The van der Waals surface area contributed by atoms with Gasteiger partial charge in [0, 0.05) is 13.7 Å². The first-order chi connectivity index (χ1) is 10.7. The summed E-state index contributed by atoms with van der Waals surface area (Å²) in [5, 5.41) is 12.7. The molecule has 2 rings (SSSR count). The summed E-state index contributed by atoms with van der Waals surface area (Å²) in [4.78, 5) is 11.5. The van der Waals surface area contributed by atoms with Crippen molar-refractivity contribution in [3.63, 3.8) is 0 Å². The lowest BCUT2D eigenvalue weighted by molar-refractivity contribution is -0.126. The van der Waals surface area contributed by atoms with Gasteiger partial charge in [-0.25, -0.2) is 0 Å². The van der Waals surface area contributed by atoms with E-state index in [1.807, 2.05) is 0 Å². The second-order valence-corrected chi connectivity index (χ2v) is 4.77. The van der Waals surface area contributed by atoms with Crippen molar-refractivity contribution in [1.82, 2.24) is 5.32 Å². The van der Waals surface area contributed by atoms with E-state index in [0.717, 1.165) is 0 Å². The van der Waals surface area contributed by atoms with Crippen LogP contribution < -0.4 is 14.8 Å². The highest BCUT2D eigenvalue weighted by molar-refractivity contribution is 5.77. The summed E-state index contributed by atoms with van der Waals surface area (Å²) in [6, 6.07) is 5.22. The van der Waals surface area contributed by atoms with E-state index in [0.29, 0.717) is 43.5 Å². The minimum atomic E-state index is -0.821. The highest BCUT2D eigenvalue weighted by atomic mass is 16.6. The number of carbonyl (C=O) groups is 1. The van der Waals surface area contributed by atoms with Crippen LogP contribution in [0.4, 0.5) is 0 Å². The van der Waals surface area contributed by atoms with Gasteiger partial charge in [0.2, 0.25) is 5.91 Å². The van der Waals surface area contributed by atoms with E-state index in [9.17, 15) is 9.90 Å². The molecule has 1 aromatic carbocycles. The van der Waals surface area contributed by atoms with Crippen LogP contribution >= 0.6 is 0 Å². The number of fused-ring (bicyclic) bond motifs is 1. The summed E-state index contributed by atoms with van der Waals surface area (Å²) < 4.78 is 20.8. The normalized spacial score (nSPS) is 14.5. The summed E-state index contributed by atoms with van der Waals surface area (Å²) in [6.45, 7) is 1.85. The smallest absolute Gasteiger partial charge is 0.246 e. The van der Waals surface area contributed by atoms with Crippen LogP contribution in [0.25, 0.3) is 0 Å². The maximum absolute atomic E-state index is 11.5. The molecule has 122 valence electrons. The number of amides is 1. The van der Waals surface area contributed by atoms with Gasteiger partial charge in [-0.3, -0.25) is 4.79 Å². The van der Waals surface area contributed by atoms with Crippen LogP contribution in [0.1, 0.15) is 11.7 Å². The van der Waals surface area contributed by atoms with E-state index in [-0.39, 0.29) is 19.1 Å². The Kier molecular flexibility index (Phi) is 6.45. The second-order valence-electron chi connectivity index (χ2n) is 4.77. The summed E-state index contributed by atoms with van der Waals surface area (Å²) in [5.74, 6) is 0.988. The van der Waals surface area contributed by atoms with Gasteiger partial charge in [-0.05, 0) is 17.7 Å². The van der Waals surface area contributed by atoms with Crippen molar-refractivity contribution in [1.29, 1.82) is 0 Å². The predicted molar refractivity (Wildman–Crippen MR) is 78.1 cm³/mol. The van der Waals surface area contributed by atoms with Crippen LogP contribution in [-0.2, 0) is 14.3 Å². The fraction of sp³-hybridized carbons (Fsp3) is 0.533. The SMILES string of the molecule is COCCOCC(=O)NCC(O)c1ccc2c(c1)OCCO2. The fourth-order valence-electron chi connectivity index (χ4n) is 1.95. The van der Waals surface area contributed by atoms with Gasteiger partial charge in [-0.2, -0.15) is 0 Å². The number of aliphatic hydroxyl groups is 1. The Morgan fingerprint density at radius 1 is 1.32 bits per heavy atom. The van der Waals surface area contributed by atoms with Gasteiger partial charge in [0.1, 0.15) is 19.8 Å². The van der Waals surface area contributed by atoms with E-state index >= 15 is 0 Å². The lowest BCUT2D eigenvalue weighted by Crippen LogP contribution is -2.31. The van der Waals surface area contributed by atoms with Crippen LogP contribution in [0.3, 0.4) is 0 Å². The van der Waals surface area contributed by atoms with Crippen LogP contribution in [0.2, 0.25) is 0 Å². The highest BCUT2D eigenvalue weighted by Gasteiger charge is 2.16. The molecule has 0 fully saturated rings. The average Bonchev–Trinajstić information content (AvgIpc) is 2.56. The van der Waals surface area contributed by atoms with Crippen molar-refractivity contribution in [3.05, 3.63) is 23.8 Å². The first-order valence-electron chi connectivity index (χ1n) is 7.11. The van der Waals surface area contributed by atoms with Crippen LogP contribution in [0.5, 0.6) is 11.5 Å². The molecular formula is C15H21NO6. The average molecular weight is 311 g/mol. The number of benzene rings is 1. The van der Waals surface area contributed by atoms with Gasteiger partial charge in [0.25, 0.3) is 0 Å². The van der Waals surface area contributed by atoms with Gasteiger partial charge in [0.15, 0.2) is 11.5 Å². The molecule has 7 nitrogen and oxygen atoms in total. The number of methoxy groups -OCH3 is 1. The Hall–Kier alpha value is -1.83. The van der Waals surface area contributed by atoms with Gasteiger partial charge in [0.05, 0.1) is 19.3 Å². The molecule has 0 bridgehead atoms. The molecule has 22 heavy (non-hydrogen) atoms. The molecular weight excluding hydrogens is 290 g/mol. The third-order valence-electron chi connectivity index (χ3n) is 3.11. The molecule has 0 aromatic heterocycles. The van der Waals surface area contributed by atoms with Gasteiger partial charge >= 0.3 is 0 Å². The molecule has 0 saturated carbocycles. The Labute approximate surface area is 129 Å². The first kappa shape index (κ1) is 16.5. The van der Waals surface area contributed by atoms with Crippen LogP contribution in [0, 0.1) is 0 Å². The molecule has 0 saturated heterocycles. The maximum Gasteiger partial charge on any atom is 0.246 e. The molecule has 2 N–H and O–H groups in total. The number of aliphatic hydroxyl groups excluding tert-OH is 1. The lowest BCUT2D eigenvalue weighted by atomic mass is 10.1. The minimum absolute atomic E-state index is 0.0583. The van der Waals surface area contributed by atoms with Crippen LogP contribution in [-0.4, -0.2) is 57.7 Å². The molecule has 1 heterocycles. The zero-order valence-corrected chi connectivity index (χ0v) is 12.5. The van der Waals surface area contributed by atoms with E-state index in [1.54, 1.807) is 25.3 Å². The molecule has 0 radical (unpaired) electrons. The Balaban J connectivity index is 1.77. The molecule has 1 aliphatic rings. The molecule has 1 atom stereocenters. The molecule has 1 aromatic rings. The number of rotatable bonds is 8. The second kappa shape index (κ2) is 8.57. The number of hydrogen-bond acceptors (Lipinski definition) is 6. The quantitative estimate of drug-likeness (QED) is 0.670. The fourth-order valence-corrected chi connectivity index (χ4v) is 1.95. The van der Waals surface area contributed by atoms with Crippen molar-refractivity contribution in [2.24, 2.45) is 0 Å². The third kappa shape index (κ3) is 4.87. The Morgan fingerprint density at radius 3 is 2.86 bits per heavy atom. The van der Waals surface area contributed by atoms with E-state index < -0.39 is 6.10 Å². The minimum Gasteiger partial charge on any atom is -0.486 e. The number of carbonyl (C=O) groups excluding carboxylic acids is 1. The zero-order chi connectivity index (χ0) is 15.8. The number of ether oxygens (including phenoxy) is 4. The first-order valence-corrected chi connectivity index (χ1v) is 7.11. The molecule has 0 spiro atoms. The summed E-state index contributed by atoms with van der Waals surface area (Å²) >= 11 is 0. The monoisotopic (exact) mass is 311 g/mol. The summed E-state index contributed by atoms with van der Waals surface area (Å²) in [5.41, 5.74) is 0.657. The third-order valence-corrected chi connectivity index (χ3v) is 3.11. The molecule has 1 unspecified atom stereocenters. The largest absolute Gasteiger partial charge is 0.486 e. The van der Waals surface area contributed by atoms with Crippen molar-refractivity contribution in [2.75, 3.05) is 46.7 Å². The maximum atomic E-state index is 11.5.